The predicted octanol–water partition coefficient (Wildman–Crippen LogP) is 3.00. The van der Waals surface area contributed by atoms with E-state index in [1.165, 1.54) is 31.2 Å². The summed E-state index contributed by atoms with van der Waals surface area (Å²) >= 11 is 0. The summed E-state index contributed by atoms with van der Waals surface area (Å²) in [6.45, 7) is 0. The van der Waals surface area contributed by atoms with Gasteiger partial charge in [0.25, 0.3) is 0 Å². The van der Waals surface area contributed by atoms with Crippen molar-refractivity contribution in [3.05, 3.63) is 23.8 Å². The van der Waals surface area contributed by atoms with E-state index >= 15 is 0 Å². The predicted molar refractivity (Wildman–Crippen MR) is 58.0 cm³/mol. The van der Waals surface area contributed by atoms with Gasteiger partial charge in [0.15, 0.2) is 11.5 Å². The lowest BCUT2D eigenvalue weighted by molar-refractivity contribution is 0.395. The first kappa shape index (κ1) is 9.08. The van der Waals surface area contributed by atoms with Gasteiger partial charge < -0.3 is 10.2 Å². The largest absolute Gasteiger partial charge is 0.504 e. The van der Waals surface area contributed by atoms with Crippen LogP contribution in [0.5, 0.6) is 11.5 Å². The Balaban J connectivity index is 1.90. The lowest BCUT2D eigenvalue weighted by atomic mass is 9.83. The van der Waals surface area contributed by atoms with Crippen molar-refractivity contribution >= 4 is 0 Å². The van der Waals surface area contributed by atoms with E-state index in [4.69, 9.17) is 0 Å². The molecule has 0 aliphatic heterocycles. The highest BCUT2D eigenvalue weighted by Gasteiger charge is 2.40. The van der Waals surface area contributed by atoms with Gasteiger partial charge in [-0.1, -0.05) is 12.5 Å². The van der Waals surface area contributed by atoms with Crippen LogP contribution in [-0.2, 0) is 0 Å². The van der Waals surface area contributed by atoms with Gasteiger partial charge in [-0.3, -0.25) is 0 Å². The molecule has 0 unspecified atom stereocenters. The molecule has 1 aromatic rings. The van der Waals surface area contributed by atoms with E-state index in [2.05, 4.69) is 0 Å². The maximum atomic E-state index is 9.48. The molecule has 0 amide bonds. The highest BCUT2D eigenvalue weighted by Crippen LogP contribution is 2.53. The van der Waals surface area contributed by atoms with Crippen LogP contribution < -0.4 is 0 Å². The molecule has 2 bridgehead atoms. The van der Waals surface area contributed by atoms with E-state index in [0.29, 0.717) is 5.92 Å². The maximum Gasteiger partial charge on any atom is 0.157 e. The molecular formula is C13H16O2. The first-order valence-electron chi connectivity index (χ1n) is 5.76. The number of aromatic hydroxyl groups is 2. The van der Waals surface area contributed by atoms with E-state index in [1.54, 1.807) is 12.1 Å². The Kier molecular flexibility index (Phi) is 1.91. The summed E-state index contributed by atoms with van der Waals surface area (Å²) in [6.07, 6.45) is 5.38. The fourth-order valence-electron chi connectivity index (χ4n) is 3.42. The summed E-state index contributed by atoms with van der Waals surface area (Å²) in [5, 5.41) is 18.7. The van der Waals surface area contributed by atoms with Gasteiger partial charge in [0.2, 0.25) is 0 Å². The summed E-state index contributed by atoms with van der Waals surface area (Å²) < 4.78 is 0. The molecule has 0 spiro atoms. The topological polar surface area (TPSA) is 40.5 Å². The lowest BCUT2D eigenvalue weighted by Crippen LogP contribution is -2.08. The Morgan fingerprint density at radius 3 is 2.47 bits per heavy atom. The second-order valence-corrected chi connectivity index (χ2v) is 5.03. The number of hydrogen-bond donors (Lipinski definition) is 2. The van der Waals surface area contributed by atoms with E-state index in [-0.39, 0.29) is 11.5 Å². The molecule has 15 heavy (non-hydrogen) atoms. The monoisotopic (exact) mass is 204 g/mol. The standard InChI is InChI=1S/C13H16O2/c14-12-4-3-10(7-13(12)15)11-6-8-1-2-9(11)5-8/h3-4,7-9,11,14-15H,1-2,5-6H2/t8-,9-,11-/m1/s1. The van der Waals surface area contributed by atoms with E-state index < -0.39 is 0 Å². The van der Waals surface area contributed by atoms with Crippen LogP contribution in [0.1, 0.15) is 37.2 Å². The summed E-state index contributed by atoms with van der Waals surface area (Å²) in [5.41, 5.74) is 1.21. The Morgan fingerprint density at radius 1 is 1.00 bits per heavy atom. The van der Waals surface area contributed by atoms with Crippen molar-refractivity contribution in [1.82, 2.24) is 0 Å². The molecule has 3 rings (SSSR count). The van der Waals surface area contributed by atoms with Crippen LogP contribution in [0.3, 0.4) is 0 Å². The van der Waals surface area contributed by atoms with E-state index in [0.717, 1.165) is 11.8 Å². The van der Waals surface area contributed by atoms with Gasteiger partial charge in [-0.15, -0.1) is 0 Å². The molecule has 2 nitrogen and oxygen atoms in total. The lowest BCUT2D eigenvalue weighted by Gasteiger charge is -2.22. The minimum atomic E-state index is -0.0121. The number of benzene rings is 1. The molecule has 1 aromatic carbocycles. The second-order valence-electron chi connectivity index (χ2n) is 5.03. The maximum absolute atomic E-state index is 9.48. The van der Waals surface area contributed by atoms with Gasteiger partial charge in [0, 0.05) is 0 Å². The Labute approximate surface area is 89.6 Å². The highest BCUT2D eigenvalue weighted by molar-refractivity contribution is 5.42. The molecule has 2 aliphatic rings. The number of phenolic OH excluding ortho intramolecular Hbond substituents is 2. The van der Waals surface area contributed by atoms with Crippen LogP contribution in [0.25, 0.3) is 0 Å². The zero-order valence-corrected chi connectivity index (χ0v) is 8.69. The van der Waals surface area contributed by atoms with E-state index in [9.17, 15) is 10.2 Å². The van der Waals surface area contributed by atoms with Gasteiger partial charge in [0.1, 0.15) is 0 Å². The minimum Gasteiger partial charge on any atom is -0.504 e. The SMILES string of the molecule is Oc1ccc([C@@H]2C[C@@H]3CC[C@@H]2C3)cc1O. The van der Waals surface area contributed by atoms with Crippen LogP contribution in [0.4, 0.5) is 0 Å². The normalized spacial score (nSPS) is 33.5. The molecule has 2 N–H and O–H groups in total. The third kappa shape index (κ3) is 1.39. The molecule has 80 valence electrons. The van der Waals surface area contributed by atoms with Gasteiger partial charge in [-0.05, 0) is 54.7 Å². The molecule has 0 aromatic heterocycles. The smallest absolute Gasteiger partial charge is 0.157 e. The fraction of sp³-hybridized carbons (Fsp3) is 0.538. The van der Waals surface area contributed by atoms with Crippen LogP contribution in [0, 0.1) is 11.8 Å². The minimum absolute atomic E-state index is 0.0121. The van der Waals surface area contributed by atoms with Gasteiger partial charge in [-0.25, -0.2) is 0 Å². The number of rotatable bonds is 1. The number of fused-ring (bicyclic) bond motifs is 2. The van der Waals surface area contributed by atoms with Crippen LogP contribution >= 0.6 is 0 Å². The molecule has 0 heterocycles. The summed E-state index contributed by atoms with van der Waals surface area (Å²) in [7, 11) is 0. The van der Waals surface area contributed by atoms with Crippen molar-refractivity contribution in [1.29, 1.82) is 0 Å². The Morgan fingerprint density at radius 2 is 1.87 bits per heavy atom. The molecular weight excluding hydrogens is 188 g/mol. The van der Waals surface area contributed by atoms with Crippen molar-refractivity contribution in [2.75, 3.05) is 0 Å². The van der Waals surface area contributed by atoms with Crippen molar-refractivity contribution in [3.8, 4) is 11.5 Å². The zero-order chi connectivity index (χ0) is 10.4. The average molecular weight is 204 g/mol. The molecule has 2 aliphatic carbocycles. The Hall–Kier alpha value is -1.18. The van der Waals surface area contributed by atoms with Crippen molar-refractivity contribution in [2.24, 2.45) is 11.8 Å². The highest BCUT2D eigenvalue weighted by atomic mass is 16.3. The van der Waals surface area contributed by atoms with Crippen LogP contribution in [0.2, 0.25) is 0 Å². The first-order chi connectivity index (χ1) is 7.24. The van der Waals surface area contributed by atoms with Crippen molar-refractivity contribution < 1.29 is 10.2 Å². The van der Waals surface area contributed by atoms with E-state index in [1.807, 2.05) is 6.07 Å². The van der Waals surface area contributed by atoms with Gasteiger partial charge in [-0.2, -0.15) is 0 Å². The van der Waals surface area contributed by atoms with Crippen molar-refractivity contribution in [3.63, 3.8) is 0 Å². The molecule has 2 heteroatoms. The molecule has 2 fully saturated rings. The van der Waals surface area contributed by atoms with Crippen molar-refractivity contribution in [2.45, 2.75) is 31.6 Å². The van der Waals surface area contributed by atoms with Crippen LogP contribution in [-0.4, -0.2) is 10.2 Å². The number of phenols is 2. The summed E-state index contributed by atoms with van der Waals surface area (Å²) in [6, 6.07) is 5.30. The number of hydrogen-bond acceptors (Lipinski definition) is 2. The second kappa shape index (κ2) is 3.16. The van der Waals surface area contributed by atoms with Crippen LogP contribution in [0.15, 0.2) is 18.2 Å². The third-order valence-electron chi connectivity index (χ3n) is 4.17. The Bertz CT molecular complexity index is 386. The molecule has 0 saturated heterocycles. The molecule has 0 radical (unpaired) electrons. The zero-order valence-electron chi connectivity index (χ0n) is 8.69. The van der Waals surface area contributed by atoms with Gasteiger partial charge in [0.05, 0.1) is 0 Å². The fourth-order valence-corrected chi connectivity index (χ4v) is 3.42. The first-order valence-corrected chi connectivity index (χ1v) is 5.76. The third-order valence-corrected chi connectivity index (χ3v) is 4.17. The van der Waals surface area contributed by atoms with Gasteiger partial charge >= 0.3 is 0 Å². The quantitative estimate of drug-likeness (QED) is 0.690. The summed E-state index contributed by atoms with van der Waals surface area (Å²) in [5.74, 6) is 2.36. The molecule has 2 saturated carbocycles. The summed E-state index contributed by atoms with van der Waals surface area (Å²) in [4.78, 5) is 0. The molecule has 3 atom stereocenters. The average Bonchev–Trinajstić information content (AvgIpc) is 2.83.